The molecule has 90 valence electrons. The van der Waals surface area contributed by atoms with Gasteiger partial charge in [-0.05, 0) is 36.5 Å². The average molecular weight is 237 g/mol. The Labute approximate surface area is 105 Å². The maximum Gasteiger partial charge on any atom is 0.0495 e. The summed E-state index contributed by atoms with van der Waals surface area (Å²) in [7, 11) is 0. The van der Waals surface area contributed by atoms with E-state index in [-0.39, 0.29) is 0 Å². The highest BCUT2D eigenvalue weighted by molar-refractivity contribution is 6.06. The van der Waals surface area contributed by atoms with E-state index in [1.165, 1.54) is 21.9 Å². The van der Waals surface area contributed by atoms with Crippen molar-refractivity contribution in [2.75, 3.05) is 0 Å². The standard InChI is InChI=1S/C15H15N3/c16-11-5-10(6-11)9-1-2-12-13-8-17-4-3-14(13)18-15(12)7-9/h1-4,7-8,10-11,18H,5-6,16H2. The van der Waals surface area contributed by atoms with Crippen LogP contribution in [0.4, 0.5) is 0 Å². The molecule has 4 rings (SSSR count). The number of benzene rings is 1. The van der Waals surface area contributed by atoms with Crippen molar-refractivity contribution < 1.29 is 0 Å². The highest BCUT2D eigenvalue weighted by Crippen LogP contribution is 2.37. The molecule has 0 aliphatic heterocycles. The summed E-state index contributed by atoms with van der Waals surface area (Å²) >= 11 is 0. The molecule has 2 heterocycles. The number of aromatic amines is 1. The third-order valence-corrected chi connectivity index (χ3v) is 4.07. The van der Waals surface area contributed by atoms with Crippen LogP contribution in [0.15, 0.2) is 36.7 Å². The van der Waals surface area contributed by atoms with E-state index < -0.39 is 0 Å². The Hall–Kier alpha value is -1.87. The van der Waals surface area contributed by atoms with Gasteiger partial charge in [0.15, 0.2) is 0 Å². The van der Waals surface area contributed by atoms with Gasteiger partial charge in [0.25, 0.3) is 0 Å². The zero-order valence-electron chi connectivity index (χ0n) is 10.1. The van der Waals surface area contributed by atoms with Crippen LogP contribution in [0.2, 0.25) is 0 Å². The van der Waals surface area contributed by atoms with E-state index in [1.54, 1.807) is 0 Å². The molecule has 0 amide bonds. The quantitative estimate of drug-likeness (QED) is 0.683. The van der Waals surface area contributed by atoms with Crippen molar-refractivity contribution in [2.24, 2.45) is 5.73 Å². The second kappa shape index (κ2) is 3.56. The van der Waals surface area contributed by atoms with Gasteiger partial charge in [0, 0.05) is 40.2 Å². The van der Waals surface area contributed by atoms with E-state index >= 15 is 0 Å². The number of fused-ring (bicyclic) bond motifs is 3. The van der Waals surface area contributed by atoms with Crippen LogP contribution in [0.1, 0.15) is 24.3 Å². The van der Waals surface area contributed by atoms with Crippen LogP contribution in [-0.4, -0.2) is 16.0 Å². The number of nitrogens with zero attached hydrogens (tertiary/aromatic N) is 1. The molecule has 0 radical (unpaired) electrons. The van der Waals surface area contributed by atoms with E-state index in [2.05, 4.69) is 28.2 Å². The second-order valence-electron chi connectivity index (χ2n) is 5.28. The molecule has 3 nitrogen and oxygen atoms in total. The molecule has 1 saturated carbocycles. The Kier molecular flexibility index (Phi) is 2.00. The molecule has 0 spiro atoms. The summed E-state index contributed by atoms with van der Waals surface area (Å²) in [4.78, 5) is 7.65. The minimum atomic E-state index is 0.401. The minimum absolute atomic E-state index is 0.401. The zero-order valence-corrected chi connectivity index (χ0v) is 10.1. The Morgan fingerprint density at radius 1 is 1.11 bits per heavy atom. The van der Waals surface area contributed by atoms with Crippen molar-refractivity contribution in [1.29, 1.82) is 0 Å². The Morgan fingerprint density at radius 2 is 2.00 bits per heavy atom. The van der Waals surface area contributed by atoms with E-state index in [1.807, 2.05) is 18.5 Å². The van der Waals surface area contributed by atoms with Crippen LogP contribution in [0.25, 0.3) is 21.8 Å². The first-order valence-corrected chi connectivity index (χ1v) is 6.42. The lowest BCUT2D eigenvalue weighted by Gasteiger charge is -2.32. The highest BCUT2D eigenvalue weighted by atomic mass is 14.7. The summed E-state index contributed by atoms with van der Waals surface area (Å²) in [6.45, 7) is 0. The molecule has 3 N–H and O–H groups in total. The predicted molar refractivity (Wildman–Crippen MR) is 73.6 cm³/mol. The fourth-order valence-corrected chi connectivity index (χ4v) is 2.95. The van der Waals surface area contributed by atoms with Gasteiger partial charge in [-0.3, -0.25) is 4.98 Å². The van der Waals surface area contributed by atoms with E-state index in [4.69, 9.17) is 5.73 Å². The average Bonchev–Trinajstić information content (AvgIpc) is 2.72. The van der Waals surface area contributed by atoms with Crippen molar-refractivity contribution in [2.45, 2.75) is 24.8 Å². The van der Waals surface area contributed by atoms with E-state index in [9.17, 15) is 0 Å². The van der Waals surface area contributed by atoms with Crippen molar-refractivity contribution in [1.82, 2.24) is 9.97 Å². The molecule has 0 atom stereocenters. The molecule has 1 aliphatic carbocycles. The van der Waals surface area contributed by atoms with Crippen LogP contribution in [-0.2, 0) is 0 Å². The predicted octanol–water partition coefficient (Wildman–Crippen LogP) is 2.92. The number of nitrogens with two attached hydrogens (primary N) is 1. The minimum Gasteiger partial charge on any atom is -0.354 e. The fraction of sp³-hybridized carbons (Fsp3) is 0.267. The molecule has 3 aromatic rings. The van der Waals surface area contributed by atoms with Gasteiger partial charge in [0.05, 0.1) is 0 Å². The number of rotatable bonds is 1. The third-order valence-electron chi connectivity index (χ3n) is 4.07. The van der Waals surface area contributed by atoms with E-state index in [0.717, 1.165) is 18.4 Å². The summed E-state index contributed by atoms with van der Waals surface area (Å²) in [5.41, 5.74) is 9.63. The molecule has 0 unspecified atom stereocenters. The van der Waals surface area contributed by atoms with E-state index in [0.29, 0.717) is 12.0 Å². The normalized spacial score (nSPS) is 23.4. The first kappa shape index (κ1) is 10.1. The molecule has 3 heteroatoms. The van der Waals surface area contributed by atoms with Gasteiger partial charge in [0.2, 0.25) is 0 Å². The van der Waals surface area contributed by atoms with Crippen molar-refractivity contribution in [3.05, 3.63) is 42.2 Å². The Morgan fingerprint density at radius 3 is 2.83 bits per heavy atom. The van der Waals surface area contributed by atoms with Crippen molar-refractivity contribution in [3.8, 4) is 0 Å². The lowest BCUT2D eigenvalue weighted by atomic mass is 9.76. The smallest absolute Gasteiger partial charge is 0.0495 e. The van der Waals surface area contributed by atoms with Crippen LogP contribution in [0, 0.1) is 0 Å². The molecule has 1 aliphatic rings. The largest absolute Gasteiger partial charge is 0.354 e. The topological polar surface area (TPSA) is 54.7 Å². The number of hydrogen-bond acceptors (Lipinski definition) is 2. The third kappa shape index (κ3) is 1.37. The highest BCUT2D eigenvalue weighted by Gasteiger charge is 2.27. The number of aromatic nitrogens is 2. The number of H-pyrrole nitrogens is 1. The number of nitrogens with one attached hydrogen (secondary N) is 1. The van der Waals surface area contributed by atoms with Crippen LogP contribution >= 0.6 is 0 Å². The van der Waals surface area contributed by atoms with Gasteiger partial charge < -0.3 is 10.7 Å². The Bertz CT molecular complexity index is 723. The molecule has 1 fully saturated rings. The van der Waals surface area contributed by atoms with Gasteiger partial charge >= 0.3 is 0 Å². The van der Waals surface area contributed by atoms with Crippen molar-refractivity contribution in [3.63, 3.8) is 0 Å². The second-order valence-corrected chi connectivity index (χ2v) is 5.28. The van der Waals surface area contributed by atoms with Crippen molar-refractivity contribution >= 4 is 21.8 Å². The number of pyridine rings is 1. The lowest BCUT2D eigenvalue weighted by Crippen LogP contribution is -2.34. The lowest BCUT2D eigenvalue weighted by molar-refractivity contribution is 0.352. The summed E-state index contributed by atoms with van der Waals surface area (Å²) in [6.07, 6.45) is 5.98. The SMILES string of the molecule is NC1CC(c2ccc3c(c2)[nH]c2ccncc23)C1. The molecular formula is C15H15N3. The maximum absolute atomic E-state index is 5.86. The number of hydrogen-bond donors (Lipinski definition) is 2. The van der Waals surface area contributed by atoms with Gasteiger partial charge in [-0.1, -0.05) is 12.1 Å². The molecule has 1 aromatic carbocycles. The first-order valence-electron chi connectivity index (χ1n) is 6.42. The molecule has 2 aromatic heterocycles. The Balaban J connectivity index is 1.87. The monoisotopic (exact) mass is 237 g/mol. The van der Waals surface area contributed by atoms with Gasteiger partial charge in [-0.15, -0.1) is 0 Å². The molecule has 18 heavy (non-hydrogen) atoms. The molecular weight excluding hydrogens is 222 g/mol. The molecule has 0 bridgehead atoms. The first-order chi connectivity index (χ1) is 8.81. The van der Waals surface area contributed by atoms with Crippen LogP contribution in [0.5, 0.6) is 0 Å². The van der Waals surface area contributed by atoms with Crippen LogP contribution < -0.4 is 5.73 Å². The summed E-state index contributed by atoms with van der Waals surface area (Å²) in [5.74, 6) is 0.647. The summed E-state index contributed by atoms with van der Waals surface area (Å²) < 4.78 is 0. The van der Waals surface area contributed by atoms with Crippen LogP contribution in [0.3, 0.4) is 0 Å². The molecule has 0 saturated heterocycles. The van der Waals surface area contributed by atoms with Gasteiger partial charge in [0.1, 0.15) is 0 Å². The zero-order chi connectivity index (χ0) is 12.1. The van der Waals surface area contributed by atoms with Gasteiger partial charge in [-0.25, -0.2) is 0 Å². The fourth-order valence-electron chi connectivity index (χ4n) is 2.95. The summed E-state index contributed by atoms with van der Waals surface area (Å²) in [6, 6.07) is 9.13. The van der Waals surface area contributed by atoms with Gasteiger partial charge in [-0.2, -0.15) is 0 Å². The summed E-state index contributed by atoms with van der Waals surface area (Å²) in [5, 5.41) is 2.45. The maximum atomic E-state index is 5.86.